The van der Waals surface area contributed by atoms with Crippen LogP contribution in [0.2, 0.25) is 0 Å². The Morgan fingerprint density at radius 2 is 1.66 bits per heavy atom. The Morgan fingerprint density at radius 3 is 2.26 bits per heavy atom. The number of H-pyrrole nitrogens is 1. The van der Waals surface area contributed by atoms with E-state index < -0.39 is 60.2 Å². The number of nitrogens with one attached hydrogen (secondary N) is 4. The Hall–Kier alpha value is -3.58. The largest absolute Gasteiger partial charge is 0.480 e. The maximum Gasteiger partial charge on any atom is 0.326 e. The zero-order valence-corrected chi connectivity index (χ0v) is 22.5. The average Bonchev–Trinajstić information content (AvgIpc) is 3.26. The molecule has 1 aromatic heterocycles. The number of rotatable bonds is 15. The van der Waals surface area contributed by atoms with Crippen molar-refractivity contribution in [1.82, 2.24) is 20.9 Å². The smallest absolute Gasteiger partial charge is 0.326 e. The second-order valence-corrected chi connectivity index (χ2v) is 10.3. The second-order valence-electron chi connectivity index (χ2n) is 9.31. The lowest BCUT2D eigenvalue weighted by Crippen LogP contribution is -2.58. The van der Waals surface area contributed by atoms with Gasteiger partial charge in [0.2, 0.25) is 23.6 Å². The van der Waals surface area contributed by atoms with E-state index in [9.17, 15) is 29.1 Å². The van der Waals surface area contributed by atoms with Crippen LogP contribution in [0.1, 0.15) is 32.3 Å². The minimum Gasteiger partial charge on any atom is -0.480 e. The molecule has 0 saturated carbocycles. The number of thioether (sulfide) groups is 1. The number of fused-ring (bicyclic) bond motifs is 1. The molecule has 2 aromatic rings. The third-order valence-corrected chi connectivity index (χ3v) is 6.61. The summed E-state index contributed by atoms with van der Waals surface area (Å²) in [6.45, 7) is 3.47. The molecule has 4 unspecified atom stereocenters. The number of aromatic nitrogens is 1. The Kier molecular flexibility index (Phi) is 11.6. The van der Waals surface area contributed by atoms with Gasteiger partial charge in [-0.05, 0) is 42.4 Å². The summed E-state index contributed by atoms with van der Waals surface area (Å²) >= 11 is 1.43. The highest BCUT2D eigenvalue weighted by Gasteiger charge is 2.32. The molecule has 4 atom stereocenters. The molecule has 0 aliphatic carbocycles. The first-order chi connectivity index (χ1) is 17.9. The van der Waals surface area contributed by atoms with Crippen molar-refractivity contribution in [3.05, 3.63) is 36.0 Å². The first kappa shape index (κ1) is 30.6. The highest BCUT2D eigenvalue weighted by Crippen LogP contribution is 2.19. The topological polar surface area (TPSA) is 209 Å². The maximum atomic E-state index is 13.2. The van der Waals surface area contributed by atoms with Gasteiger partial charge in [-0.25, -0.2) is 4.79 Å². The number of aliphatic carboxylic acids is 1. The van der Waals surface area contributed by atoms with Crippen molar-refractivity contribution >= 4 is 52.3 Å². The van der Waals surface area contributed by atoms with Gasteiger partial charge in [-0.15, -0.1) is 0 Å². The molecule has 1 heterocycles. The van der Waals surface area contributed by atoms with Crippen molar-refractivity contribution in [3.8, 4) is 0 Å². The zero-order chi connectivity index (χ0) is 28.4. The fourth-order valence-electron chi connectivity index (χ4n) is 3.86. The number of carboxylic acid groups (broad SMARTS) is 1. The van der Waals surface area contributed by atoms with E-state index in [1.807, 2.05) is 30.5 Å². The Balaban J connectivity index is 2.09. The summed E-state index contributed by atoms with van der Waals surface area (Å²) in [4.78, 5) is 64.7. The number of carboxylic acids is 1. The van der Waals surface area contributed by atoms with Crippen LogP contribution >= 0.6 is 11.8 Å². The summed E-state index contributed by atoms with van der Waals surface area (Å²) in [5, 5.41) is 17.8. The van der Waals surface area contributed by atoms with Crippen molar-refractivity contribution in [2.24, 2.45) is 17.4 Å². The number of benzene rings is 1. The molecule has 2 rings (SSSR count). The average molecular weight is 549 g/mol. The molecular weight excluding hydrogens is 512 g/mol. The van der Waals surface area contributed by atoms with Gasteiger partial charge >= 0.3 is 5.97 Å². The third kappa shape index (κ3) is 8.77. The van der Waals surface area contributed by atoms with Gasteiger partial charge in [0, 0.05) is 17.1 Å². The highest BCUT2D eigenvalue weighted by atomic mass is 32.2. The van der Waals surface area contributed by atoms with Gasteiger partial charge in [0.1, 0.15) is 18.1 Å². The number of carbonyl (C=O) groups is 5. The van der Waals surface area contributed by atoms with E-state index in [2.05, 4.69) is 20.9 Å². The number of hydrogen-bond donors (Lipinski definition) is 7. The fourth-order valence-corrected chi connectivity index (χ4v) is 4.34. The summed E-state index contributed by atoms with van der Waals surface area (Å²) in [6.07, 6.45) is 3.46. The van der Waals surface area contributed by atoms with Crippen LogP contribution in [0.15, 0.2) is 30.5 Å². The number of amides is 4. The molecule has 1 aromatic carbocycles. The monoisotopic (exact) mass is 548 g/mol. The summed E-state index contributed by atoms with van der Waals surface area (Å²) in [6, 6.07) is 3.08. The Morgan fingerprint density at radius 1 is 1.00 bits per heavy atom. The number of para-hydroxylation sites is 1. The van der Waals surface area contributed by atoms with Gasteiger partial charge in [-0.2, -0.15) is 11.8 Å². The lowest BCUT2D eigenvalue weighted by Gasteiger charge is -2.27. The van der Waals surface area contributed by atoms with Crippen LogP contribution < -0.4 is 27.4 Å². The molecule has 9 N–H and O–H groups in total. The van der Waals surface area contributed by atoms with Gasteiger partial charge in [0.25, 0.3) is 0 Å². The van der Waals surface area contributed by atoms with Crippen LogP contribution in [-0.4, -0.2) is 75.9 Å². The molecule has 0 aliphatic heterocycles. The summed E-state index contributed by atoms with van der Waals surface area (Å²) in [5.41, 5.74) is 13.0. The van der Waals surface area contributed by atoms with Crippen molar-refractivity contribution in [2.45, 2.75) is 57.3 Å². The van der Waals surface area contributed by atoms with E-state index in [-0.39, 0.29) is 18.8 Å². The molecule has 0 aliphatic rings. The summed E-state index contributed by atoms with van der Waals surface area (Å²) in [5.74, 6) is -4.09. The van der Waals surface area contributed by atoms with E-state index in [1.54, 1.807) is 20.0 Å². The Labute approximate surface area is 225 Å². The SMILES string of the molecule is CSCCC(NC(=O)C(NC(=O)C(N)Cc1c[nH]c2ccccc12)C(C)C)C(=O)NC(CC(N)=O)C(=O)O. The minimum absolute atomic E-state index is 0.195. The quantitative estimate of drug-likeness (QED) is 0.159. The van der Waals surface area contributed by atoms with Crippen molar-refractivity contribution in [2.75, 3.05) is 12.0 Å². The van der Waals surface area contributed by atoms with Crippen molar-refractivity contribution in [1.29, 1.82) is 0 Å². The molecule has 13 heteroatoms. The van der Waals surface area contributed by atoms with Crippen LogP contribution in [0.4, 0.5) is 0 Å². The molecule has 0 fully saturated rings. The highest BCUT2D eigenvalue weighted by molar-refractivity contribution is 7.98. The van der Waals surface area contributed by atoms with Crippen LogP contribution in [0.25, 0.3) is 10.9 Å². The van der Waals surface area contributed by atoms with Crippen LogP contribution in [0, 0.1) is 5.92 Å². The van der Waals surface area contributed by atoms with Gasteiger partial charge in [-0.1, -0.05) is 32.0 Å². The molecule has 208 valence electrons. The lowest BCUT2D eigenvalue weighted by molar-refractivity contribution is -0.143. The number of nitrogens with two attached hydrogens (primary N) is 2. The van der Waals surface area contributed by atoms with Crippen molar-refractivity contribution < 1.29 is 29.1 Å². The summed E-state index contributed by atoms with van der Waals surface area (Å²) < 4.78 is 0. The number of aromatic amines is 1. The predicted octanol–water partition coefficient (Wildman–Crippen LogP) is -0.139. The van der Waals surface area contributed by atoms with E-state index in [0.717, 1.165) is 16.5 Å². The third-order valence-electron chi connectivity index (χ3n) is 5.96. The normalized spacial score (nSPS) is 14.3. The van der Waals surface area contributed by atoms with E-state index >= 15 is 0 Å². The maximum absolute atomic E-state index is 13.2. The second kappa shape index (κ2) is 14.4. The first-order valence-corrected chi connectivity index (χ1v) is 13.6. The van der Waals surface area contributed by atoms with Crippen LogP contribution in [0.5, 0.6) is 0 Å². The molecular formula is C25H36N6O6S. The van der Waals surface area contributed by atoms with E-state index in [0.29, 0.717) is 5.75 Å². The predicted molar refractivity (Wildman–Crippen MR) is 145 cm³/mol. The standard InChI is InChI=1S/C25H36N6O6S/c1-13(2)21(31-22(33)16(26)10-14-12-28-17-7-5-4-6-15(14)17)24(35)29-18(8-9-38-3)23(34)30-19(25(36)37)11-20(27)32/h4-7,12-13,16,18-19,21,28H,8-11,26H2,1-3H3,(H2,27,32)(H,29,35)(H,30,34)(H,31,33)(H,36,37). The molecule has 12 nitrogen and oxygen atoms in total. The van der Waals surface area contributed by atoms with E-state index in [1.165, 1.54) is 11.8 Å². The molecule has 38 heavy (non-hydrogen) atoms. The van der Waals surface area contributed by atoms with Crippen LogP contribution in [-0.2, 0) is 30.4 Å². The Bertz CT molecular complexity index is 1150. The fraction of sp³-hybridized carbons (Fsp3) is 0.480. The summed E-state index contributed by atoms with van der Waals surface area (Å²) in [7, 11) is 0. The molecule has 0 bridgehead atoms. The number of carbonyl (C=O) groups excluding carboxylic acids is 4. The van der Waals surface area contributed by atoms with E-state index in [4.69, 9.17) is 11.5 Å². The van der Waals surface area contributed by atoms with Gasteiger partial charge in [0.15, 0.2) is 0 Å². The van der Waals surface area contributed by atoms with Gasteiger partial charge < -0.3 is 37.5 Å². The molecule has 0 saturated heterocycles. The molecule has 4 amide bonds. The minimum atomic E-state index is -1.53. The first-order valence-electron chi connectivity index (χ1n) is 12.2. The number of primary amides is 1. The molecule has 0 radical (unpaired) electrons. The zero-order valence-electron chi connectivity index (χ0n) is 21.7. The number of hydrogen-bond acceptors (Lipinski definition) is 7. The van der Waals surface area contributed by atoms with Crippen molar-refractivity contribution in [3.63, 3.8) is 0 Å². The van der Waals surface area contributed by atoms with Crippen LogP contribution in [0.3, 0.4) is 0 Å². The van der Waals surface area contributed by atoms with Gasteiger partial charge in [-0.3, -0.25) is 19.2 Å². The lowest BCUT2D eigenvalue weighted by atomic mass is 10.0. The van der Waals surface area contributed by atoms with Gasteiger partial charge in [0.05, 0.1) is 12.5 Å². The molecule has 0 spiro atoms.